The molecule has 2 aromatic rings. The molecular formula is C21H29N3O2. The van der Waals surface area contributed by atoms with E-state index in [0.717, 1.165) is 12.3 Å². The minimum atomic E-state index is -1.10. The van der Waals surface area contributed by atoms with Crippen molar-refractivity contribution in [2.24, 2.45) is 4.99 Å². The van der Waals surface area contributed by atoms with Crippen LogP contribution in [0.25, 0.3) is 0 Å². The van der Waals surface area contributed by atoms with Gasteiger partial charge in [0.1, 0.15) is 17.1 Å². The van der Waals surface area contributed by atoms with Gasteiger partial charge in [-0.15, -0.1) is 0 Å². The Morgan fingerprint density at radius 2 is 2.00 bits per heavy atom. The summed E-state index contributed by atoms with van der Waals surface area (Å²) in [4.78, 5) is 4.66. The monoisotopic (exact) mass is 355 g/mol. The number of fused-ring (bicyclic) bond motifs is 1. The average molecular weight is 355 g/mol. The Hall–Kier alpha value is -2.27. The Balaban J connectivity index is 1.63. The van der Waals surface area contributed by atoms with Crippen molar-refractivity contribution in [2.75, 3.05) is 13.1 Å². The lowest BCUT2D eigenvalue weighted by molar-refractivity contribution is 0.0378. The van der Waals surface area contributed by atoms with Crippen LogP contribution in [0.4, 0.5) is 0 Å². The lowest BCUT2D eigenvalue weighted by Crippen LogP contribution is -2.44. The molecule has 3 rings (SSSR count). The van der Waals surface area contributed by atoms with E-state index < -0.39 is 5.60 Å². The van der Waals surface area contributed by atoms with Gasteiger partial charge in [0.2, 0.25) is 0 Å². The zero-order valence-electron chi connectivity index (χ0n) is 15.9. The van der Waals surface area contributed by atoms with E-state index in [-0.39, 0.29) is 0 Å². The molecule has 1 aliphatic rings. The molecule has 140 valence electrons. The maximum Gasteiger partial charge on any atom is 0.191 e. The number of nitrogens with zero attached hydrogens (tertiary/aromatic N) is 1. The molecule has 1 heterocycles. The fraction of sp³-hybridized carbons (Fsp3) is 0.476. The van der Waals surface area contributed by atoms with Crippen molar-refractivity contribution in [3.8, 4) is 0 Å². The second-order valence-electron chi connectivity index (χ2n) is 7.19. The number of hydrogen-bond acceptors (Lipinski definition) is 3. The molecule has 1 aromatic heterocycles. The van der Waals surface area contributed by atoms with E-state index in [1.165, 1.54) is 36.0 Å². The first-order valence-electron chi connectivity index (χ1n) is 9.40. The zero-order valence-corrected chi connectivity index (χ0v) is 15.9. The normalized spacial score (nSPS) is 16.2. The van der Waals surface area contributed by atoms with Crippen molar-refractivity contribution >= 4 is 5.96 Å². The van der Waals surface area contributed by atoms with Gasteiger partial charge in [0, 0.05) is 6.54 Å². The third kappa shape index (κ3) is 4.47. The van der Waals surface area contributed by atoms with Crippen LogP contribution in [-0.4, -0.2) is 24.2 Å². The number of aliphatic hydroxyl groups is 1. The van der Waals surface area contributed by atoms with E-state index in [1.807, 2.05) is 26.0 Å². The Morgan fingerprint density at radius 3 is 2.73 bits per heavy atom. The quantitative estimate of drug-likeness (QED) is 0.550. The fourth-order valence-electron chi connectivity index (χ4n) is 3.30. The smallest absolute Gasteiger partial charge is 0.191 e. The van der Waals surface area contributed by atoms with Crippen LogP contribution in [0.3, 0.4) is 0 Å². The van der Waals surface area contributed by atoms with Crippen molar-refractivity contribution < 1.29 is 9.52 Å². The predicted octanol–water partition coefficient (Wildman–Crippen LogP) is 3.04. The SMILES string of the molecule is CCNC(=NCc1ccc2c(c1)CCC2)NCC(C)(O)c1ccc(C)o1. The average Bonchev–Trinajstić information content (AvgIpc) is 3.26. The Morgan fingerprint density at radius 1 is 1.19 bits per heavy atom. The number of nitrogens with one attached hydrogen (secondary N) is 2. The summed E-state index contributed by atoms with van der Waals surface area (Å²) in [5, 5.41) is 17.1. The van der Waals surface area contributed by atoms with E-state index in [1.54, 1.807) is 6.92 Å². The molecule has 0 saturated heterocycles. The van der Waals surface area contributed by atoms with E-state index in [9.17, 15) is 5.11 Å². The lowest BCUT2D eigenvalue weighted by atomic mass is 10.0. The summed E-state index contributed by atoms with van der Waals surface area (Å²) < 4.78 is 5.56. The fourth-order valence-corrected chi connectivity index (χ4v) is 3.30. The van der Waals surface area contributed by atoms with E-state index in [4.69, 9.17) is 4.42 Å². The molecule has 0 aliphatic heterocycles. The number of rotatable bonds is 6. The van der Waals surface area contributed by atoms with E-state index >= 15 is 0 Å². The van der Waals surface area contributed by atoms with E-state index in [2.05, 4.69) is 33.8 Å². The molecule has 0 spiro atoms. The molecule has 1 aliphatic carbocycles. The molecule has 1 atom stereocenters. The molecule has 0 saturated carbocycles. The third-order valence-corrected chi connectivity index (χ3v) is 4.80. The van der Waals surface area contributed by atoms with Crippen LogP contribution >= 0.6 is 0 Å². The predicted molar refractivity (Wildman–Crippen MR) is 104 cm³/mol. The van der Waals surface area contributed by atoms with E-state index in [0.29, 0.717) is 24.8 Å². The number of aryl methyl sites for hydroxylation is 3. The number of furan rings is 1. The van der Waals surface area contributed by atoms with Crippen LogP contribution in [0.5, 0.6) is 0 Å². The number of benzene rings is 1. The van der Waals surface area contributed by atoms with Crippen LogP contribution in [0.15, 0.2) is 39.7 Å². The summed E-state index contributed by atoms with van der Waals surface area (Å²) in [5.74, 6) is 2.03. The molecule has 26 heavy (non-hydrogen) atoms. The zero-order chi connectivity index (χ0) is 18.6. The Kier molecular flexibility index (Phi) is 5.67. The highest BCUT2D eigenvalue weighted by atomic mass is 16.4. The van der Waals surface area contributed by atoms with Crippen molar-refractivity contribution in [1.82, 2.24) is 10.6 Å². The van der Waals surface area contributed by atoms with Gasteiger partial charge in [-0.25, -0.2) is 4.99 Å². The van der Waals surface area contributed by atoms with Crippen LogP contribution in [0.2, 0.25) is 0 Å². The largest absolute Gasteiger partial charge is 0.463 e. The third-order valence-electron chi connectivity index (χ3n) is 4.80. The van der Waals surface area contributed by atoms with Gasteiger partial charge in [0.15, 0.2) is 5.96 Å². The molecule has 1 unspecified atom stereocenters. The standard InChI is InChI=1S/C21H29N3O2/c1-4-22-20(24-14-21(3,25)19-11-8-15(2)26-19)23-13-16-9-10-17-6-5-7-18(17)12-16/h8-12,25H,4-7,13-14H2,1-3H3,(H2,22,23,24). The maximum absolute atomic E-state index is 10.7. The summed E-state index contributed by atoms with van der Waals surface area (Å²) in [7, 11) is 0. The topological polar surface area (TPSA) is 69.8 Å². The summed E-state index contributed by atoms with van der Waals surface area (Å²) in [6, 6.07) is 10.3. The molecule has 0 fully saturated rings. The van der Waals surface area contributed by atoms with Crippen LogP contribution in [0.1, 0.15) is 48.5 Å². The van der Waals surface area contributed by atoms with Gasteiger partial charge in [0.05, 0.1) is 13.1 Å². The van der Waals surface area contributed by atoms with Crippen LogP contribution in [-0.2, 0) is 25.0 Å². The molecule has 5 heteroatoms. The Bertz CT molecular complexity index is 777. The number of guanidine groups is 1. The van der Waals surface area contributed by atoms with Crippen molar-refractivity contribution in [3.05, 3.63) is 58.5 Å². The summed E-state index contributed by atoms with van der Waals surface area (Å²) in [5.41, 5.74) is 3.06. The van der Waals surface area contributed by atoms with Crippen molar-refractivity contribution in [1.29, 1.82) is 0 Å². The van der Waals surface area contributed by atoms with Gasteiger partial charge in [-0.3, -0.25) is 0 Å². The summed E-state index contributed by atoms with van der Waals surface area (Å²) >= 11 is 0. The number of aliphatic imine (C=N–C) groups is 1. The highest BCUT2D eigenvalue weighted by Crippen LogP contribution is 2.23. The second-order valence-corrected chi connectivity index (χ2v) is 7.19. The van der Waals surface area contributed by atoms with Crippen LogP contribution < -0.4 is 10.6 Å². The first-order chi connectivity index (χ1) is 12.5. The van der Waals surface area contributed by atoms with Gasteiger partial charge in [-0.1, -0.05) is 18.2 Å². The number of hydrogen-bond donors (Lipinski definition) is 3. The minimum absolute atomic E-state index is 0.315. The molecule has 3 N–H and O–H groups in total. The molecular weight excluding hydrogens is 326 g/mol. The molecule has 0 amide bonds. The molecule has 5 nitrogen and oxygen atoms in total. The van der Waals surface area contributed by atoms with Gasteiger partial charge < -0.3 is 20.2 Å². The molecule has 1 aromatic carbocycles. The van der Waals surface area contributed by atoms with Gasteiger partial charge in [-0.2, -0.15) is 0 Å². The van der Waals surface area contributed by atoms with Gasteiger partial charge in [0.25, 0.3) is 0 Å². The summed E-state index contributed by atoms with van der Waals surface area (Å²) in [6.45, 7) is 7.33. The first-order valence-corrected chi connectivity index (χ1v) is 9.40. The second kappa shape index (κ2) is 7.96. The van der Waals surface area contributed by atoms with Crippen molar-refractivity contribution in [3.63, 3.8) is 0 Å². The lowest BCUT2D eigenvalue weighted by Gasteiger charge is -2.22. The van der Waals surface area contributed by atoms with Crippen molar-refractivity contribution in [2.45, 2.75) is 52.2 Å². The van der Waals surface area contributed by atoms with Gasteiger partial charge >= 0.3 is 0 Å². The van der Waals surface area contributed by atoms with Gasteiger partial charge in [-0.05, 0) is 68.9 Å². The summed E-state index contributed by atoms with van der Waals surface area (Å²) in [6.07, 6.45) is 3.63. The minimum Gasteiger partial charge on any atom is -0.463 e. The molecule has 0 bridgehead atoms. The highest BCUT2D eigenvalue weighted by Gasteiger charge is 2.27. The molecule has 0 radical (unpaired) electrons. The highest BCUT2D eigenvalue weighted by molar-refractivity contribution is 5.79. The first kappa shape index (κ1) is 18.5. The maximum atomic E-state index is 10.7. The van der Waals surface area contributed by atoms with Crippen LogP contribution in [0, 0.1) is 6.92 Å². The Labute approximate surface area is 155 Å².